The summed E-state index contributed by atoms with van der Waals surface area (Å²) < 4.78 is 0. The molecule has 0 aromatic carbocycles. The van der Waals surface area contributed by atoms with Crippen molar-refractivity contribution in [2.24, 2.45) is 0 Å². The van der Waals surface area contributed by atoms with Crippen molar-refractivity contribution in [1.29, 1.82) is 0 Å². The Hall–Kier alpha value is 0.725. The largest absolute Gasteiger partial charge is 0.300 e. The minimum absolute atomic E-state index is 0.456. The zero-order valence-corrected chi connectivity index (χ0v) is 8.44. The van der Waals surface area contributed by atoms with Crippen LogP contribution in [0.1, 0.15) is 20.8 Å². The van der Waals surface area contributed by atoms with Gasteiger partial charge in [-0.15, -0.1) is 0 Å². The fraction of sp³-hybridized carbons (Fsp3) is 1.00. The Kier molecular flexibility index (Phi) is 3.01. The molecule has 0 radical (unpaired) electrons. The van der Waals surface area contributed by atoms with Gasteiger partial charge in [-0.25, -0.2) is 0 Å². The Labute approximate surface area is 72.0 Å². The molecule has 1 heterocycles. The summed E-state index contributed by atoms with van der Waals surface area (Å²) in [6, 6.07) is 0. The number of hydrogen-bond acceptors (Lipinski definition) is 3. The van der Waals surface area contributed by atoms with Gasteiger partial charge in [-0.1, -0.05) is 20.8 Å². The number of nitrogens with one attached hydrogen (secondary N) is 1. The first-order valence-electron chi connectivity index (χ1n) is 3.54. The lowest BCUT2D eigenvalue weighted by Gasteiger charge is -2.29. The monoisotopic (exact) mass is 175 g/mol. The summed E-state index contributed by atoms with van der Waals surface area (Å²) in [5.41, 5.74) is 0. The summed E-state index contributed by atoms with van der Waals surface area (Å²) in [5.74, 6) is 2.24. The van der Waals surface area contributed by atoms with Crippen molar-refractivity contribution in [1.82, 2.24) is 5.32 Å². The molecule has 1 fully saturated rings. The molecule has 0 unspecified atom stereocenters. The summed E-state index contributed by atoms with van der Waals surface area (Å²) in [6.45, 7) is 6.93. The van der Waals surface area contributed by atoms with Gasteiger partial charge in [0.25, 0.3) is 5.27 Å². The molecule has 1 nitrogen and oxygen atoms in total. The van der Waals surface area contributed by atoms with E-state index >= 15 is 0 Å². The van der Waals surface area contributed by atoms with E-state index in [-0.39, 0.29) is 0 Å². The van der Waals surface area contributed by atoms with Crippen molar-refractivity contribution in [2.45, 2.75) is 26.1 Å². The average molecular weight is 175 g/mol. The molecule has 0 atom stereocenters. The molecule has 0 amide bonds. The summed E-state index contributed by atoms with van der Waals surface area (Å²) in [6.07, 6.45) is 0. The highest BCUT2D eigenvalue weighted by molar-refractivity contribution is 8.54. The van der Waals surface area contributed by atoms with E-state index in [1.54, 1.807) is 0 Å². The summed E-state index contributed by atoms with van der Waals surface area (Å²) >= 11 is 4.04. The first kappa shape index (κ1) is 8.82. The van der Waals surface area contributed by atoms with E-state index in [0.717, 1.165) is 17.0 Å². The highest BCUT2D eigenvalue weighted by atomic mass is 32.2. The highest BCUT2D eigenvalue weighted by Gasteiger charge is 2.31. The first-order chi connectivity index (χ1) is 4.61. The molecule has 4 heteroatoms. The second-order valence-corrected chi connectivity index (χ2v) is 6.06. The Morgan fingerprint density at radius 2 is 1.70 bits per heavy atom. The van der Waals surface area contributed by atoms with Crippen molar-refractivity contribution in [3.8, 4) is 0 Å². The van der Waals surface area contributed by atoms with Crippen LogP contribution in [0, 0.1) is 0 Å². The maximum absolute atomic E-state index is 3.31. The predicted molar refractivity (Wildman–Crippen MR) is 53.5 cm³/mol. The van der Waals surface area contributed by atoms with Crippen molar-refractivity contribution in [2.75, 3.05) is 11.8 Å². The second kappa shape index (κ2) is 3.41. The second-order valence-electron chi connectivity index (χ2n) is 3.57. The highest BCUT2D eigenvalue weighted by Crippen LogP contribution is 2.41. The molecule has 1 N–H and O–H groups in total. The van der Waals surface area contributed by atoms with Gasteiger partial charge in [0.05, 0.1) is 0 Å². The molecular weight excluding hydrogens is 161 g/mol. The van der Waals surface area contributed by atoms with Crippen LogP contribution in [0.2, 0.25) is 5.31 Å². The maximum Gasteiger partial charge on any atom is 0.282 e. The van der Waals surface area contributed by atoms with Gasteiger partial charge in [0.1, 0.15) is 0 Å². The zero-order chi connectivity index (χ0) is 7.61. The molecule has 0 saturated carbocycles. The van der Waals surface area contributed by atoms with Crippen LogP contribution in [0.4, 0.5) is 0 Å². The fourth-order valence-electron chi connectivity index (χ4n) is 0.859. The molecule has 1 aliphatic rings. The van der Waals surface area contributed by atoms with Crippen LogP contribution in [0.3, 0.4) is 0 Å². The Balaban J connectivity index is 2.39. The SMILES string of the molecule is CC(C)(C)B1SCNCS1. The van der Waals surface area contributed by atoms with Crippen LogP contribution in [0.25, 0.3) is 0 Å². The van der Waals surface area contributed by atoms with Gasteiger partial charge in [-0.2, -0.15) is 23.2 Å². The lowest BCUT2D eigenvalue weighted by Crippen LogP contribution is -2.30. The van der Waals surface area contributed by atoms with Gasteiger partial charge in [0.2, 0.25) is 0 Å². The molecule has 0 aliphatic carbocycles. The minimum Gasteiger partial charge on any atom is -0.300 e. The van der Waals surface area contributed by atoms with Crippen LogP contribution in [0.15, 0.2) is 0 Å². The Morgan fingerprint density at radius 1 is 1.20 bits per heavy atom. The Morgan fingerprint density at radius 3 is 2.00 bits per heavy atom. The third-order valence-electron chi connectivity index (χ3n) is 1.38. The van der Waals surface area contributed by atoms with Crippen LogP contribution < -0.4 is 5.32 Å². The molecule has 1 aliphatic heterocycles. The third-order valence-corrected chi connectivity index (χ3v) is 4.96. The molecule has 0 spiro atoms. The van der Waals surface area contributed by atoms with E-state index in [0.29, 0.717) is 5.31 Å². The van der Waals surface area contributed by atoms with Gasteiger partial charge in [0.15, 0.2) is 0 Å². The molecule has 58 valence electrons. The standard InChI is InChI=1S/C6H14BNS2/c1-6(2,3)7-9-4-8-5-10-7/h8H,4-5H2,1-3H3. The lowest BCUT2D eigenvalue weighted by atomic mass is 9.71. The van der Waals surface area contributed by atoms with Crippen LogP contribution in [-0.4, -0.2) is 17.0 Å². The average Bonchev–Trinajstić information content (AvgIpc) is 1.88. The van der Waals surface area contributed by atoms with Crippen LogP contribution in [-0.2, 0) is 0 Å². The smallest absolute Gasteiger partial charge is 0.282 e. The van der Waals surface area contributed by atoms with Gasteiger partial charge in [-0.05, 0) is 5.31 Å². The quantitative estimate of drug-likeness (QED) is 0.567. The zero-order valence-electron chi connectivity index (χ0n) is 6.81. The van der Waals surface area contributed by atoms with E-state index in [9.17, 15) is 0 Å². The van der Waals surface area contributed by atoms with Crippen molar-refractivity contribution < 1.29 is 0 Å². The molecule has 0 aromatic rings. The minimum atomic E-state index is 0.456. The summed E-state index contributed by atoms with van der Waals surface area (Å²) in [4.78, 5) is 0. The first-order valence-corrected chi connectivity index (χ1v) is 5.64. The van der Waals surface area contributed by atoms with E-state index in [1.807, 2.05) is 23.2 Å². The van der Waals surface area contributed by atoms with Gasteiger partial charge >= 0.3 is 0 Å². The molecule has 1 rings (SSSR count). The van der Waals surface area contributed by atoms with Crippen molar-refractivity contribution >= 4 is 28.5 Å². The maximum atomic E-state index is 3.31. The van der Waals surface area contributed by atoms with Gasteiger partial charge < -0.3 is 5.32 Å². The van der Waals surface area contributed by atoms with Gasteiger partial charge in [0, 0.05) is 11.8 Å². The lowest BCUT2D eigenvalue weighted by molar-refractivity contribution is 0.759. The fourth-order valence-corrected chi connectivity index (χ4v) is 3.52. The van der Waals surface area contributed by atoms with Crippen LogP contribution in [0.5, 0.6) is 0 Å². The van der Waals surface area contributed by atoms with Crippen LogP contribution >= 0.6 is 23.2 Å². The van der Waals surface area contributed by atoms with Crippen molar-refractivity contribution in [3.63, 3.8) is 0 Å². The number of rotatable bonds is 0. The topological polar surface area (TPSA) is 12.0 Å². The third kappa shape index (κ3) is 2.40. The molecule has 1 saturated heterocycles. The van der Waals surface area contributed by atoms with Crippen molar-refractivity contribution in [3.05, 3.63) is 0 Å². The molecule has 10 heavy (non-hydrogen) atoms. The van der Waals surface area contributed by atoms with E-state index in [2.05, 4.69) is 26.1 Å². The molecule has 0 aromatic heterocycles. The predicted octanol–water partition coefficient (Wildman–Crippen LogP) is 2.26. The molecular formula is C6H14BNS2. The Bertz CT molecular complexity index is 107. The summed E-state index contributed by atoms with van der Waals surface area (Å²) in [5, 5.41) is 4.54. The van der Waals surface area contributed by atoms with Gasteiger partial charge in [-0.3, -0.25) is 0 Å². The van der Waals surface area contributed by atoms with E-state index < -0.39 is 0 Å². The molecule has 0 bridgehead atoms. The normalized spacial score (nSPS) is 21.3. The van der Waals surface area contributed by atoms with E-state index in [4.69, 9.17) is 0 Å². The number of hydrogen-bond donors (Lipinski definition) is 1. The van der Waals surface area contributed by atoms with E-state index in [1.165, 1.54) is 0 Å². The summed E-state index contributed by atoms with van der Waals surface area (Å²) in [7, 11) is 0.